The van der Waals surface area contributed by atoms with Gasteiger partial charge in [-0.1, -0.05) is 13.8 Å². The fraction of sp³-hybridized carbons (Fsp3) is 0.562. The largest absolute Gasteiger partial charge is 0.347 e. The maximum absolute atomic E-state index is 12.4. The molecule has 0 radical (unpaired) electrons. The van der Waals surface area contributed by atoms with Crippen LogP contribution in [0.3, 0.4) is 0 Å². The molecule has 28 heavy (non-hydrogen) atoms. The van der Waals surface area contributed by atoms with Gasteiger partial charge in [0, 0.05) is 18.7 Å². The van der Waals surface area contributed by atoms with Crippen LogP contribution in [0.5, 0.6) is 0 Å². The lowest BCUT2D eigenvalue weighted by molar-refractivity contribution is -0.137. The quantitative estimate of drug-likeness (QED) is 0.282. The Bertz CT molecular complexity index is 785. The van der Waals surface area contributed by atoms with E-state index in [1.54, 1.807) is 13.8 Å². The standard InChI is InChI=1S/C16H23N3O8S/c1-9(2)14(16(24)17-8-10(3)20)18-15(23)11(28(25,26)27)6-7-19-12(21)4-5-13(19)22/h4-5,9,11,14H,6-8H2,1-3H3,(H,17,24)(H,18,23)(H,25,26,27). The van der Waals surface area contributed by atoms with Gasteiger partial charge in [0.2, 0.25) is 11.8 Å². The molecule has 156 valence electrons. The summed E-state index contributed by atoms with van der Waals surface area (Å²) in [5.74, 6) is -3.95. The predicted octanol–water partition coefficient (Wildman–Crippen LogP) is -1.60. The van der Waals surface area contributed by atoms with Crippen molar-refractivity contribution in [3.05, 3.63) is 12.2 Å². The summed E-state index contributed by atoms with van der Waals surface area (Å²) in [5, 5.41) is 2.56. The van der Waals surface area contributed by atoms with E-state index in [0.717, 1.165) is 17.1 Å². The van der Waals surface area contributed by atoms with Gasteiger partial charge in [-0.05, 0) is 19.3 Å². The highest BCUT2D eigenvalue weighted by molar-refractivity contribution is 7.87. The second-order valence-corrected chi connectivity index (χ2v) is 8.20. The van der Waals surface area contributed by atoms with Crippen molar-refractivity contribution in [2.75, 3.05) is 13.1 Å². The fourth-order valence-electron chi connectivity index (χ4n) is 2.42. The minimum absolute atomic E-state index is 0.258. The number of ketones is 1. The molecule has 0 fully saturated rings. The molecule has 1 heterocycles. The molecule has 1 rings (SSSR count). The van der Waals surface area contributed by atoms with Gasteiger partial charge >= 0.3 is 0 Å². The van der Waals surface area contributed by atoms with Crippen LogP contribution in [0, 0.1) is 5.92 Å². The van der Waals surface area contributed by atoms with Crippen molar-refractivity contribution in [1.82, 2.24) is 15.5 Å². The molecule has 12 heteroatoms. The molecule has 2 unspecified atom stereocenters. The Hall–Kier alpha value is -2.60. The first-order chi connectivity index (χ1) is 12.8. The molecule has 0 aliphatic carbocycles. The molecule has 0 saturated carbocycles. The SMILES string of the molecule is CC(=O)CNC(=O)C(NC(=O)C(CCN1C(=O)C=CC1=O)S(=O)(=O)O)C(C)C. The summed E-state index contributed by atoms with van der Waals surface area (Å²) >= 11 is 0. The van der Waals surface area contributed by atoms with E-state index < -0.39 is 63.9 Å². The number of nitrogens with one attached hydrogen (secondary N) is 2. The monoisotopic (exact) mass is 417 g/mol. The number of rotatable bonds is 10. The van der Waals surface area contributed by atoms with E-state index in [4.69, 9.17) is 0 Å². The molecule has 2 atom stereocenters. The molecule has 1 aliphatic rings. The van der Waals surface area contributed by atoms with Crippen LogP contribution in [-0.2, 0) is 34.1 Å². The predicted molar refractivity (Wildman–Crippen MR) is 96.3 cm³/mol. The Balaban J connectivity index is 2.87. The number of hydrogen-bond donors (Lipinski definition) is 3. The molecule has 1 aliphatic heterocycles. The molecule has 0 aromatic rings. The maximum Gasteiger partial charge on any atom is 0.277 e. The van der Waals surface area contributed by atoms with E-state index in [-0.39, 0.29) is 12.3 Å². The highest BCUT2D eigenvalue weighted by Crippen LogP contribution is 2.12. The molecule has 3 N–H and O–H groups in total. The first-order valence-corrected chi connectivity index (χ1v) is 9.92. The zero-order valence-corrected chi connectivity index (χ0v) is 16.5. The molecular formula is C16H23N3O8S. The maximum atomic E-state index is 12.4. The average Bonchev–Trinajstić information content (AvgIpc) is 2.87. The molecule has 0 saturated heterocycles. The molecule has 11 nitrogen and oxygen atoms in total. The normalized spacial score (nSPS) is 16.2. The number of carbonyl (C=O) groups is 5. The number of amides is 4. The second-order valence-electron chi connectivity index (χ2n) is 6.60. The van der Waals surface area contributed by atoms with E-state index in [2.05, 4.69) is 10.6 Å². The van der Waals surface area contributed by atoms with E-state index in [1.165, 1.54) is 6.92 Å². The molecule has 0 spiro atoms. The Kier molecular flexibility index (Phi) is 8.00. The number of nitrogens with zero attached hydrogens (tertiary/aromatic N) is 1. The van der Waals surface area contributed by atoms with Crippen molar-refractivity contribution in [3.8, 4) is 0 Å². The number of carbonyl (C=O) groups excluding carboxylic acids is 5. The zero-order chi connectivity index (χ0) is 21.6. The molecular weight excluding hydrogens is 394 g/mol. The number of Topliss-reactive ketones (excluding diaryl/α,β-unsaturated/α-hetero) is 1. The van der Waals surface area contributed by atoms with Gasteiger partial charge in [-0.3, -0.25) is 33.4 Å². The summed E-state index contributed by atoms with van der Waals surface area (Å²) in [5.41, 5.74) is 0. The van der Waals surface area contributed by atoms with Crippen molar-refractivity contribution < 1.29 is 36.9 Å². The van der Waals surface area contributed by atoms with Gasteiger partial charge in [0.05, 0.1) is 6.54 Å². The van der Waals surface area contributed by atoms with Gasteiger partial charge in [0.1, 0.15) is 11.8 Å². The third-order valence-electron chi connectivity index (χ3n) is 3.93. The van der Waals surface area contributed by atoms with Gasteiger partial charge in [-0.2, -0.15) is 8.42 Å². The van der Waals surface area contributed by atoms with Crippen LogP contribution in [0.25, 0.3) is 0 Å². The van der Waals surface area contributed by atoms with Gasteiger partial charge in [-0.15, -0.1) is 0 Å². The lowest BCUT2D eigenvalue weighted by atomic mass is 10.0. The first-order valence-electron chi connectivity index (χ1n) is 8.42. The van der Waals surface area contributed by atoms with Crippen LogP contribution >= 0.6 is 0 Å². The number of hydrogen-bond acceptors (Lipinski definition) is 7. The molecule has 0 aromatic heterocycles. The minimum Gasteiger partial charge on any atom is -0.347 e. The van der Waals surface area contributed by atoms with Crippen molar-refractivity contribution in [3.63, 3.8) is 0 Å². The Labute approximate surface area is 162 Å². The summed E-state index contributed by atoms with van der Waals surface area (Å²) in [6.07, 6.45) is 1.45. The van der Waals surface area contributed by atoms with Gasteiger partial charge < -0.3 is 10.6 Å². The van der Waals surface area contributed by atoms with Gasteiger partial charge in [-0.25, -0.2) is 0 Å². The van der Waals surface area contributed by atoms with E-state index in [1.807, 2.05) is 0 Å². The van der Waals surface area contributed by atoms with E-state index in [9.17, 15) is 36.9 Å². The van der Waals surface area contributed by atoms with Crippen LogP contribution in [-0.4, -0.2) is 71.7 Å². The summed E-state index contributed by atoms with van der Waals surface area (Å²) in [6.45, 7) is 3.77. The van der Waals surface area contributed by atoms with Crippen LogP contribution in [0.1, 0.15) is 27.2 Å². The minimum atomic E-state index is -4.88. The van der Waals surface area contributed by atoms with Crippen molar-refractivity contribution in [1.29, 1.82) is 0 Å². The average molecular weight is 417 g/mol. The summed E-state index contributed by atoms with van der Waals surface area (Å²) in [6, 6.07) is -1.16. The topological polar surface area (TPSA) is 167 Å². The third kappa shape index (κ3) is 6.53. The van der Waals surface area contributed by atoms with Crippen LogP contribution in [0.4, 0.5) is 0 Å². The molecule has 4 amide bonds. The Morgan fingerprint density at radius 2 is 1.64 bits per heavy atom. The lowest BCUT2D eigenvalue weighted by Crippen LogP contribution is -2.54. The van der Waals surface area contributed by atoms with Crippen molar-refractivity contribution >= 4 is 39.5 Å². The number of imide groups is 1. The van der Waals surface area contributed by atoms with Crippen LogP contribution in [0.2, 0.25) is 0 Å². The van der Waals surface area contributed by atoms with Gasteiger partial charge in [0.25, 0.3) is 21.9 Å². The highest BCUT2D eigenvalue weighted by atomic mass is 32.2. The van der Waals surface area contributed by atoms with E-state index >= 15 is 0 Å². The van der Waals surface area contributed by atoms with Crippen molar-refractivity contribution in [2.24, 2.45) is 5.92 Å². The molecule has 0 aromatic carbocycles. The zero-order valence-electron chi connectivity index (χ0n) is 15.7. The van der Waals surface area contributed by atoms with E-state index in [0.29, 0.717) is 0 Å². The second kappa shape index (κ2) is 9.55. The highest BCUT2D eigenvalue weighted by Gasteiger charge is 2.36. The summed E-state index contributed by atoms with van der Waals surface area (Å²) < 4.78 is 32.6. The third-order valence-corrected chi connectivity index (χ3v) is 5.09. The fourth-order valence-corrected chi connectivity index (χ4v) is 3.16. The smallest absolute Gasteiger partial charge is 0.277 e. The summed E-state index contributed by atoms with van der Waals surface area (Å²) in [4.78, 5) is 59.3. The van der Waals surface area contributed by atoms with Crippen molar-refractivity contribution in [2.45, 2.75) is 38.5 Å². The van der Waals surface area contributed by atoms with Gasteiger partial charge in [0.15, 0.2) is 5.25 Å². The van der Waals surface area contributed by atoms with Crippen LogP contribution in [0.15, 0.2) is 12.2 Å². The Morgan fingerprint density at radius 3 is 2.07 bits per heavy atom. The summed E-state index contributed by atoms with van der Waals surface area (Å²) in [7, 11) is -4.88. The Morgan fingerprint density at radius 1 is 1.11 bits per heavy atom. The molecule has 0 bridgehead atoms. The van der Waals surface area contributed by atoms with Crippen LogP contribution < -0.4 is 10.6 Å². The lowest BCUT2D eigenvalue weighted by Gasteiger charge is -2.24. The first kappa shape index (κ1) is 23.4.